The minimum atomic E-state index is -1.36. The fraction of sp³-hybridized carbons (Fsp3) is 0.421. The Hall–Kier alpha value is -2.62. The average molecular weight is 362 g/mol. The second kappa shape index (κ2) is 5.97. The number of benzene rings is 1. The van der Waals surface area contributed by atoms with Crippen LogP contribution in [-0.4, -0.2) is 29.7 Å². The highest BCUT2D eigenvalue weighted by Crippen LogP contribution is 2.48. The van der Waals surface area contributed by atoms with E-state index in [9.17, 15) is 28.0 Å². The molecule has 1 spiro atoms. The van der Waals surface area contributed by atoms with Crippen molar-refractivity contribution in [3.8, 4) is 6.07 Å². The Morgan fingerprint density at radius 2 is 1.85 bits per heavy atom. The quantitative estimate of drug-likeness (QED) is 0.720. The molecule has 1 atom stereocenters. The van der Waals surface area contributed by atoms with Crippen LogP contribution in [0.1, 0.15) is 37.0 Å². The van der Waals surface area contributed by atoms with E-state index in [1.807, 2.05) is 6.07 Å². The van der Waals surface area contributed by atoms with Crippen LogP contribution >= 0.6 is 0 Å². The van der Waals surface area contributed by atoms with Gasteiger partial charge in [0.25, 0.3) is 5.91 Å². The summed E-state index contributed by atoms with van der Waals surface area (Å²) < 4.78 is 40.4. The second-order valence-corrected chi connectivity index (χ2v) is 7.64. The Labute approximate surface area is 148 Å². The van der Waals surface area contributed by atoms with Gasteiger partial charge in [0.2, 0.25) is 0 Å². The molecular formula is C19H17F3N2O2. The lowest BCUT2D eigenvalue weighted by atomic mass is 9.64. The molecular weight excluding hydrogens is 345 g/mol. The van der Waals surface area contributed by atoms with Gasteiger partial charge >= 0.3 is 0 Å². The lowest BCUT2D eigenvalue weighted by Gasteiger charge is -2.38. The van der Waals surface area contributed by atoms with Crippen molar-refractivity contribution in [2.75, 3.05) is 13.1 Å². The molecule has 0 aromatic heterocycles. The van der Waals surface area contributed by atoms with Crippen LogP contribution < -0.4 is 0 Å². The number of hydrogen-bond acceptors (Lipinski definition) is 3. The highest BCUT2D eigenvalue weighted by Gasteiger charge is 2.49. The summed E-state index contributed by atoms with van der Waals surface area (Å²) in [5, 5.41) is 9.24. The number of allylic oxidation sites excluding steroid dienone is 1. The van der Waals surface area contributed by atoms with E-state index in [4.69, 9.17) is 0 Å². The molecule has 0 saturated carbocycles. The van der Waals surface area contributed by atoms with Crippen molar-refractivity contribution < 1.29 is 22.8 Å². The predicted molar refractivity (Wildman–Crippen MR) is 86.4 cm³/mol. The maximum atomic E-state index is 13.9. The first-order valence-corrected chi connectivity index (χ1v) is 8.20. The number of Topliss-reactive ketones (excluding diaryl/α,β-unsaturated/α-hetero) is 1. The lowest BCUT2D eigenvalue weighted by Crippen LogP contribution is -2.40. The normalized spacial score (nSPS) is 24.5. The molecule has 3 rings (SSSR count). The molecule has 136 valence electrons. The van der Waals surface area contributed by atoms with Crippen LogP contribution in [0.15, 0.2) is 23.8 Å². The Bertz CT molecular complexity index is 886. The van der Waals surface area contributed by atoms with Gasteiger partial charge in [-0.05, 0) is 18.9 Å². The third kappa shape index (κ3) is 2.90. The molecule has 7 heteroatoms. The molecule has 1 aliphatic carbocycles. The fourth-order valence-corrected chi connectivity index (χ4v) is 4.02. The van der Waals surface area contributed by atoms with E-state index >= 15 is 0 Å². The average Bonchev–Trinajstić information content (AvgIpc) is 2.96. The summed E-state index contributed by atoms with van der Waals surface area (Å²) in [4.78, 5) is 26.2. The van der Waals surface area contributed by atoms with Crippen LogP contribution in [0, 0.1) is 39.6 Å². The van der Waals surface area contributed by atoms with Crippen molar-refractivity contribution in [1.82, 2.24) is 4.90 Å². The fourth-order valence-electron chi connectivity index (χ4n) is 4.02. The molecule has 0 unspecified atom stereocenters. The van der Waals surface area contributed by atoms with Crippen molar-refractivity contribution >= 4 is 11.7 Å². The summed E-state index contributed by atoms with van der Waals surface area (Å²) in [7, 11) is 0. The third-order valence-electron chi connectivity index (χ3n) is 5.14. The van der Waals surface area contributed by atoms with Gasteiger partial charge in [-0.2, -0.15) is 5.26 Å². The number of halogens is 3. The van der Waals surface area contributed by atoms with Crippen molar-refractivity contribution in [3.05, 3.63) is 46.8 Å². The van der Waals surface area contributed by atoms with Crippen molar-refractivity contribution in [1.29, 1.82) is 5.26 Å². The molecule has 0 N–H and O–H groups in total. The number of nitriles is 1. The minimum absolute atomic E-state index is 0.0644. The standard InChI is InChI=1S/C19H17F3N2O2/c1-18(2)9-19(7-11(8-23)16(18)25)3-4-24(10-19)17(26)12-5-14(21)15(22)6-13(12)20/h5-7H,3-4,9-10H2,1-2H3/t19-/m0/s1. The van der Waals surface area contributed by atoms with Gasteiger partial charge in [0.05, 0.1) is 11.1 Å². The summed E-state index contributed by atoms with van der Waals surface area (Å²) in [5.41, 5.74) is -1.77. The summed E-state index contributed by atoms with van der Waals surface area (Å²) in [5.74, 6) is -4.74. The number of carbonyl (C=O) groups is 2. The van der Waals surface area contributed by atoms with E-state index < -0.39 is 39.8 Å². The van der Waals surface area contributed by atoms with Crippen molar-refractivity contribution in [2.24, 2.45) is 10.8 Å². The van der Waals surface area contributed by atoms with Gasteiger partial charge in [0, 0.05) is 30.0 Å². The molecule has 1 aromatic rings. The van der Waals surface area contributed by atoms with Gasteiger partial charge in [0.15, 0.2) is 17.4 Å². The lowest BCUT2D eigenvalue weighted by molar-refractivity contribution is -0.125. The molecule has 1 fully saturated rings. The van der Waals surface area contributed by atoms with Crippen molar-refractivity contribution in [3.63, 3.8) is 0 Å². The summed E-state index contributed by atoms with van der Waals surface area (Å²) >= 11 is 0. The van der Waals surface area contributed by atoms with E-state index in [0.29, 0.717) is 25.0 Å². The highest BCUT2D eigenvalue weighted by atomic mass is 19.2. The van der Waals surface area contributed by atoms with E-state index in [0.717, 1.165) is 0 Å². The van der Waals surface area contributed by atoms with Gasteiger partial charge in [-0.25, -0.2) is 13.2 Å². The van der Waals surface area contributed by atoms with Crippen LogP contribution in [0.5, 0.6) is 0 Å². The Kier molecular flexibility index (Phi) is 4.18. The summed E-state index contributed by atoms with van der Waals surface area (Å²) in [6.07, 6.45) is 2.56. The van der Waals surface area contributed by atoms with Crippen LogP contribution in [0.25, 0.3) is 0 Å². The van der Waals surface area contributed by atoms with E-state index in [1.54, 1.807) is 19.9 Å². The SMILES string of the molecule is CC1(C)C[C@@]2(C=C(C#N)C1=O)CCN(C(=O)c1cc(F)c(F)cc1F)C2. The molecule has 0 bridgehead atoms. The number of rotatable bonds is 1. The molecule has 1 aromatic carbocycles. The topological polar surface area (TPSA) is 61.2 Å². The molecule has 1 saturated heterocycles. The van der Waals surface area contributed by atoms with Crippen LogP contribution in [0.4, 0.5) is 13.2 Å². The Balaban J connectivity index is 1.90. The summed E-state index contributed by atoms with van der Waals surface area (Å²) in [6.45, 7) is 3.96. The zero-order chi connectivity index (χ0) is 19.3. The largest absolute Gasteiger partial charge is 0.338 e. The number of nitrogens with zero attached hydrogens (tertiary/aromatic N) is 2. The van der Waals surface area contributed by atoms with Gasteiger partial charge in [-0.1, -0.05) is 19.9 Å². The predicted octanol–water partition coefficient (Wildman–Crippen LogP) is 3.39. The first kappa shape index (κ1) is 18.2. The van der Waals surface area contributed by atoms with Crippen LogP contribution in [0.3, 0.4) is 0 Å². The van der Waals surface area contributed by atoms with Gasteiger partial charge in [-0.15, -0.1) is 0 Å². The van der Waals surface area contributed by atoms with Gasteiger partial charge in [-0.3, -0.25) is 9.59 Å². The molecule has 1 heterocycles. The number of likely N-dealkylation sites (tertiary alicyclic amines) is 1. The molecule has 0 radical (unpaired) electrons. The van der Waals surface area contributed by atoms with Crippen LogP contribution in [-0.2, 0) is 4.79 Å². The number of hydrogen-bond donors (Lipinski definition) is 0. The molecule has 4 nitrogen and oxygen atoms in total. The van der Waals surface area contributed by atoms with E-state index in [1.165, 1.54) is 4.90 Å². The van der Waals surface area contributed by atoms with E-state index in [2.05, 4.69) is 0 Å². The molecule has 2 aliphatic rings. The first-order valence-electron chi connectivity index (χ1n) is 8.20. The first-order chi connectivity index (χ1) is 12.1. The zero-order valence-corrected chi connectivity index (χ0v) is 14.4. The van der Waals surface area contributed by atoms with Gasteiger partial charge in [0.1, 0.15) is 11.9 Å². The van der Waals surface area contributed by atoms with Crippen molar-refractivity contribution in [2.45, 2.75) is 26.7 Å². The molecule has 1 aliphatic heterocycles. The zero-order valence-electron chi connectivity index (χ0n) is 14.4. The number of amides is 1. The summed E-state index contributed by atoms with van der Waals surface area (Å²) in [6, 6.07) is 2.83. The molecule has 1 amide bonds. The molecule has 26 heavy (non-hydrogen) atoms. The Morgan fingerprint density at radius 3 is 2.50 bits per heavy atom. The number of ketones is 1. The van der Waals surface area contributed by atoms with Gasteiger partial charge < -0.3 is 4.90 Å². The minimum Gasteiger partial charge on any atom is -0.338 e. The maximum Gasteiger partial charge on any atom is 0.256 e. The highest BCUT2D eigenvalue weighted by molar-refractivity contribution is 6.04. The van der Waals surface area contributed by atoms with E-state index in [-0.39, 0.29) is 24.4 Å². The number of carbonyl (C=O) groups excluding carboxylic acids is 2. The Morgan fingerprint density at radius 1 is 1.19 bits per heavy atom. The monoisotopic (exact) mass is 362 g/mol. The maximum absolute atomic E-state index is 13.9. The second-order valence-electron chi connectivity index (χ2n) is 7.64. The third-order valence-corrected chi connectivity index (χ3v) is 5.14. The smallest absolute Gasteiger partial charge is 0.256 e. The van der Waals surface area contributed by atoms with Crippen LogP contribution in [0.2, 0.25) is 0 Å².